The molecule has 2 heterocycles. The van der Waals surface area contributed by atoms with Crippen LogP contribution in [0.1, 0.15) is 11.3 Å². The van der Waals surface area contributed by atoms with Gasteiger partial charge in [0.25, 0.3) is 0 Å². The molecule has 1 N–H and O–H groups in total. The van der Waals surface area contributed by atoms with Crippen molar-refractivity contribution in [2.24, 2.45) is 5.16 Å². The van der Waals surface area contributed by atoms with Crippen LogP contribution in [0.4, 0.5) is 13.2 Å². The molecule has 0 atom stereocenters. The van der Waals surface area contributed by atoms with Gasteiger partial charge >= 0.3 is 6.18 Å². The predicted octanol–water partition coefficient (Wildman–Crippen LogP) is 3.35. The minimum atomic E-state index is -4.50. The van der Waals surface area contributed by atoms with E-state index >= 15 is 0 Å². The van der Waals surface area contributed by atoms with Gasteiger partial charge in [-0.2, -0.15) is 13.2 Å². The second-order valence-electron chi connectivity index (χ2n) is 3.57. The highest BCUT2D eigenvalue weighted by atomic mass is 35.5. The van der Waals surface area contributed by atoms with Crippen LogP contribution in [0.3, 0.4) is 0 Å². The van der Waals surface area contributed by atoms with Crippen molar-refractivity contribution in [3.05, 3.63) is 46.9 Å². The van der Waals surface area contributed by atoms with Crippen LogP contribution in [0.25, 0.3) is 5.82 Å². The molecule has 4 nitrogen and oxygen atoms in total. The molecule has 2 aromatic rings. The van der Waals surface area contributed by atoms with Crippen molar-refractivity contribution < 1.29 is 18.4 Å². The zero-order chi connectivity index (χ0) is 14.0. The third kappa shape index (κ3) is 2.70. The van der Waals surface area contributed by atoms with Gasteiger partial charge in [-0.3, -0.25) is 4.57 Å². The number of rotatable bonds is 2. The first-order chi connectivity index (χ1) is 8.93. The van der Waals surface area contributed by atoms with Crippen molar-refractivity contribution in [1.29, 1.82) is 0 Å². The van der Waals surface area contributed by atoms with Gasteiger partial charge in [-0.1, -0.05) is 16.8 Å². The standard InChI is InChI=1S/C11H7ClF3N3O/c12-9-4-7(11(13,14)15)5-16-10(9)18-3-1-2-8(18)6-17-19/h1-6,19H/b17-6+. The summed E-state index contributed by atoms with van der Waals surface area (Å²) < 4.78 is 38.9. The van der Waals surface area contributed by atoms with Crippen LogP contribution in [-0.4, -0.2) is 21.0 Å². The van der Waals surface area contributed by atoms with Crippen molar-refractivity contribution in [2.75, 3.05) is 0 Å². The summed E-state index contributed by atoms with van der Waals surface area (Å²) in [6.07, 6.45) is -1.14. The van der Waals surface area contributed by atoms with Crippen molar-refractivity contribution in [1.82, 2.24) is 9.55 Å². The van der Waals surface area contributed by atoms with E-state index in [1.807, 2.05) is 0 Å². The Morgan fingerprint density at radius 2 is 2.16 bits per heavy atom. The number of hydrogen-bond acceptors (Lipinski definition) is 3. The number of nitrogens with zero attached hydrogens (tertiary/aromatic N) is 3. The van der Waals surface area contributed by atoms with E-state index in [4.69, 9.17) is 16.8 Å². The number of pyridine rings is 1. The van der Waals surface area contributed by atoms with Crippen molar-refractivity contribution in [3.63, 3.8) is 0 Å². The van der Waals surface area contributed by atoms with Crippen LogP contribution in [0.5, 0.6) is 0 Å². The van der Waals surface area contributed by atoms with E-state index in [0.717, 1.165) is 12.3 Å². The Labute approximate surface area is 110 Å². The maximum Gasteiger partial charge on any atom is 0.417 e. The Bertz CT molecular complexity index is 622. The molecule has 0 amide bonds. The van der Waals surface area contributed by atoms with E-state index in [-0.39, 0.29) is 10.8 Å². The molecule has 0 aromatic carbocycles. The van der Waals surface area contributed by atoms with E-state index in [9.17, 15) is 13.2 Å². The molecule has 2 aromatic heterocycles. The highest BCUT2D eigenvalue weighted by Crippen LogP contribution is 2.32. The van der Waals surface area contributed by atoms with Gasteiger partial charge in [0.1, 0.15) is 0 Å². The second-order valence-corrected chi connectivity index (χ2v) is 3.98. The van der Waals surface area contributed by atoms with Crippen LogP contribution in [0, 0.1) is 0 Å². The number of oxime groups is 1. The molecule has 0 bridgehead atoms. The summed E-state index contributed by atoms with van der Waals surface area (Å²) in [5.74, 6) is 0.120. The minimum absolute atomic E-state index is 0.120. The lowest BCUT2D eigenvalue weighted by atomic mass is 10.2. The Hall–Kier alpha value is -2.02. The fourth-order valence-corrected chi connectivity index (χ4v) is 1.77. The molecule has 8 heteroatoms. The fraction of sp³-hybridized carbons (Fsp3) is 0.0909. The lowest BCUT2D eigenvalue weighted by Crippen LogP contribution is -2.08. The zero-order valence-corrected chi connectivity index (χ0v) is 10.0. The molecule has 0 aliphatic carbocycles. The summed E-state index contributed by atoms with van der Waals surface area (Å²) in [6, 6.07) is 4.01. The van der Waals surface area contributed by atoms with E-state index < -0.39 is 11.7 Å². The largest absolute Gasteiger partial charge is 0.417 e. The van der Waals surface area contributed by atoms with Gasteiger partial charge in [-0.05, 0) is 18.2 Å². The van der Waals surface area contributed by atoms with Gasteiger partial charge in [0.15, 0.2) is 5.82 Å². The van der Waals surface area contributed by atoms with Gasteiger partial charge < -0.3 is 5.21 Å². The van der Waals surface area contributed by atoms with E-state index in [1.165, 1.54) is 4.57 Å². The first-order valence-corrected chi connectivity index (χ1v) is 5.39. The summed E-state index contributed by atoms with van der Waals surface area (Å²) in [6.45, 7) is 0. The highest BCUT2D eigenvalue weighted by molar-refractivity contribution is 6.32. The number of halogens is 4. The SMILES string of the molecule is O/N=C/c1cccn1-c1ncc(C(F)(F)F)cc1Cl. The molecular weight excluding hydrogens is 283 g/mol. The van der Waals surface area contributed by atoms with Crippen molar-refractivity contribution >= 4 is 17.8 Å². The van der Waals surface area contributed by atoms with Gasteiger partial charge in [-0.15, -0.1) is 0 Å². The van der Waals surface area contributed by atoms with Crippen LogP contribution >= 0.6 is 11.6 Å². The summed E-state index contributed by atoms with van der Waals surface area (Å²) in [5, 5.41) is 11.2. The van der Waals surface area contributed by atoms with Crippen LogP contribution < -0.4 is 0 Å². The smallest absolute Gasteiger partial charge is 0.411 e. The normalized spacial score (nSPS) is 12.2. The Morgan fingerprint density at radius 3 is 2.74 bits per heavy atom. The molecule has 19 heavy (non-hydrogen) atoms. The van der Waals surface area contributed by atoms with Gasteiger partial charge in [-0.25, -0.2) is 4.98 Å². The summed E-state index contributed by atoms with van der Waals surface area (Å²) >= 11 is 5.81. The molecular formula is C11H7ClF3N3O. The monoisotopic (exact) mass is 289 g/mol. The highest BCUT2D eigenvalue weighted by Gasteiger charge is 2.31. The quantitative estimate of drug-likeness (QED) is 0.523. The number of hydrogen-bond donors (Lipinski definition) is 1. The summed E-state index contributed by atoms with van der Waals surface area (Å²) in [4.78, 5) is 3.70. The molecule has 0 saturated carbocycles. The first kappa shape index (κ1) is 13.4. The Morgan fingerprint density at radius 1 is 1.42 bits per heavy atom. The lowest BCUT2D eigenvalue weighted by molar-refractivity contribution is -0.137. The van der Waals surface area contributed by atoms with E-state index in [1.54, 1.807) is 18.3 Å². The predicted molar refractivity (Wildman–Crippen MR) is 63.0 cm³/mol. The maximum absolute atomic E-state index is 12.5. The van der Waals surface area contributed by atoms with E-state index in [2.05, 4.69) is 10.1 Å². The van der Waals surface area contributed by atoms with Gasteiger partial charge in [0.2, 0.25) is 0 Å². The molecule has 0 fully saturated rings. The van der Waals surface area contributed by atoms with Crippen LogP contribution in [0.2, 0.25) is 5.02 Å². The molecule has 0 aliphatic rings. The Balaban J connectivity index is 2.49. The third-order valence-corrected chi connectivity index (χ3v) is 2.63. The van der Waals surface area contributed by atoms with Gasteiger partial charge in [0.05, 0.1) is 22.5 Å². The average Bonchev–Trinajstić information content (AvgIpc) is 2.76. The fourth-order valence-electron chi connectivity index (χ4n) is 1.51. The second kappa shape index (κ2) is 4.93. The topological polar surface area (TPSA) is 50.4 Å². The molecule has 100 valence electrons. The lowest BCUT2D eigenvalue weighted by Gasteiger charge is -2.10. The molecule has 0 spiro atoms. The summed E-state index contributed by atoms with van der Waals surface area (Å²) in [5.41, 5.74) is -0.498. The van der Waals surface area contributed by atoms with Crippen LogP contribution in [0.15, 0.2) is 35.7 Å². The Kier molecular flexibility index (Phi) is 3.48. The number of alkyl halides is 3. The molecule has 0 saturated heterocycles. The molecule has 0 radical (unpaired) electrons. The van der Waals surface area contributed by atoms with Crippen molar-refractivity contribution in [3.8, 4) is 5.82 Å². The minimum Gasteiger partial charge on any atom is -0.411 e. The first-order valence-electron chi connectivity index (χ1n) is 5.01. The number of aromatic nitrogens is 2. The summed E-state index contributed by atoms with van der Waals surface area (Å²) in [7, 11) is 0. The molecule has 0 unspecified atom stereocenters. The van der Waals surface area contributed by atoms with Crippen molar-refractivity contribution in [2.45, 2.75) is 6.18 Å². The van der Waals surface area contributed by atoms with Crippen LogP contribution in [-0.2, 0) is 6.18 Å². The molecule has 2 rings (SSSR count). The van der Waals surface area contributed by atoms with E-state index in [0.29, 0.717) is 11.9 Å². The zero-order valence-electron chi connectivity index (χ0n) is 9.26. The van der Waals surface area contributed by atoms with Gasteiger partial charge in [0, 0.05) is 12.4 Å². The average molecular weight is 290 g/mol. The molecule has 0 aliphatic heterocycles. The third-order valence-electron chi connectivity index (χ3n) is 2.35. The maximum atomic E-state index is 12.5.